The molecule has 1 atom stereocenters. The maximum atomic E-state index is 4.96. The zero-order valence-electron chi connectivity index (χ0n) is 13.3. The summed E-state index contributed by atoms with van der Waals surface area (Å²) in [6.07, 6.45) is 0.932. The highest BCUT2D eigenvalue weighted by atomic mass is 14.8. The van der Waals surface area contributed by atoms with Gasteiger partial charge in [0.15, 0.2) is 0 Å². The molecule has 0 bridgehead atoms. The molecular formula is C20H20N2. The number of hydrogen-bond donors (Lipinski definition) is 0. The van der Waals surface area contributed by atoms with E-state index in [1.807, 2.05) is 12.1 Å². The largest absolute Gasteiger partial charge is 0.249 e. The van der Waals surface area contributed by atoms with Crippen LogP contribution < -0.4 is 0 Å². The van der Waals surface area contributed by atoms with Gasteiger partial charge in [0.05, 0.1) is 22.4 Å². The Bertz CT molecular complexity index is 864. The molecule has 0 aliphatic heterocycles. The lowest BCUT2D eigenvalue weighted by Crippen LogP contribution is -2.21. The van der Waals surface area contributed by atoms with E-state index in [4.69, 9.17) is 9.97 Å². The van der Waals surface area contributed by atoms with E-state index in [0.717, 1.165) is 28.8 Å². The summed E-state index contributed by atoms with van der Waals surface area (Å²) < 4.78 is 0. The van der Waals surface area contributed by atoms with Gasteiger partial charge in [0, 0.05) is 12.3 Å². The zero-order chi connectivity index (χ0) is 15.3. The van der Waals surface area contributed by atoms with Crippen LogP contribution in [0.25, 0.3) is 11.0 Å². The monoisotopic (exact) mass is 288 g/mol. The molecule has 1 aliphatic carbocycles. The minimum Gasteiger partial charge on any atom is -0.249 e. The fourth-order valence-corrected chi connectivity index (χ4v) is 3.68. The maximum absolute atomic E-state index is 4.96. The van der Waals surface area contributed by atoms with E-state index in [-0.39, 0.29) is 11.3 Å². The van der Waals surface area contributed by atoms with Crippen molar-refractivity contribution in [1.82, 2.24) is 9.97 Å². The molecule has 0 amide bonds. The van der Waals surface area contributed by atoms with Crippen molar-refractivity contribution in [2.45, 2.75) is 38.5 Å². The van der Waals surface area contributed by atoms with Crippen molar-refractivity contribution in [3.05, 3.63) is 71.0 Å². The molecule has 1 aliphatic rings. The van der Waals surface area contributed by atoms with E-state index >= 15 is 0 Å². The predicted molar refractivity (Wildman–Crippen MR) is 90.2 cm³/mol. The Balaban J connectivity index is 2.02. The number of fused-ring (bicyclic) bond motifs is 3. The molecule has 2 nitrogen and oxygen atoms in total. The topological polar surface area (TPSA) is 25.8 Å². The number of benzene rings is 2. The lowest BCUT2D eigenvalue weighted by molar-refractivity contribution is 0.516. The number of hydrogen-bond acceptors (Lipinski definition) is 2. The molecule has 110 valence electrons. The summed E-state index contributed by atoms with van der Waals surface area (Å²) in [6, 6.07) is 16.9. The fraction of sp³-hybridized carbons (Fsp3) is 0.300. The first kappa shape index (κ1) is 13.4. The first-order valence-corrected chi connectivity index (χ1v) is 7.91. The van der Waals surface area contributed by atoms with Crippen molar-refractivity contribution in [2.75, 3.05) is 0 Å². The van der Waals surface area contributed by atoms with E-state index in [0.29, 0.717) is 0 Å². The van der Waals surface area contributed by atoms with Crippen molar-refractivity contribution >= 4 is 11.0 Å². The van der Waals surface area contributed by atoms with Crippen LogP contribution in [-0.2, 0) is 11.8 Å². The van der Waals surface area contributed by atoms with Crippen LogP contribution in [0.1, 0.15) is 49.2 Å². The minimum atomic E-state index is 0.0766. The molecule has 0 saturated carbocycles. The first-order valence-electron chi connectivity index (χ1n) is 7.91. The Labute approximate surface area is 131 Å². The second kappa shape index (κ2) is 4.64. The zero-order valence-corrected chi connectivity index (χ0v) is 13.3. The van der Waals surface area contributed by atoms with Crippen LogP contribution in [-0.4, -0.2) is 9.97 Å². The summed E-state index contributed by atoms with van der Waals surface area (Å²) in [5.41, 5.74) is 7.15. The molecule has 1 aromatic heterocycles. The highest BCUT2D eigenvalue weighted by molar-refractivity contribution is 5.74. The summed E-state index contributed by atoms with van der Waals surface area (Å²) in [5.74, 6) is 0.282. The molecular weight excluding hydrogens is 268 g/mol. The van der Waals surface area contributed by atoms with Gasteiger partial charge in [-0.25, -0.2) is 9.97 Å². The number of aromatic nitrogens is 2. The summed E-state index contributed by atoms with van der Waals surface area (Å²) in [4.78, 5) is 9.90. The molecule has 0 fully saturated rings. The standard InChI is InChI=1S/C20H20N2/c1-13-14-8-4-5-9-15(14)20(2,3)12-18-19(13)22-17-11-7-6-10-16(17)21-18/h4-11,13H,12H2,1-3H3. The molecule has 0 N–H and O–H groups in total. The van der Waals surface area contributed by atoms with Gasteiger partial charge in [0.2, 0.25) is 0 Å². The third kappa shape index (κ3) is 1.94. The normalized spacial score (nSPS) is 19.3. The Hall–Kier alpha value is -2.22. The van der Waals surface area contributed by atoms with Gasteiger partial charge in [-0.2, -0.15) is 0 Å². The van der Waals surface area contributed by atoms with Gasteiger partial charge < -0.3 is 0 Å². The molecule has 22 heavy (non-hydrogen) atoms. The third-order valence-corrected chi connectivity index (χ3v) is 4.85. The molecule has 4 rings (SSSR count). The Morgan fingerprint density at radius 2 is 1.55 bits per heavy atom. The third-order valence-electron chi connectivity index (χ3n) is 4.85. The van der Waals surface area contributed by atoms with Crippen LogP contribution in [0.3, 0.4) is 0 Å². The number of para-hydroxylation sites is 2. The molecule has 1 heterocycles. The smallest absolute Gasteiger partial charge is 0.0890 e. The minimum absolute atomic E-state index is 0.0766. The Morgan fingerprint density at radius 1 is 0.909 bits per heavy atom. The van der Waals surface area contributed by atoms with Gasteiger partial charge in [0.1, 0.15) is 0 Å². The van der Waals surface area contributed by atoms with Gasteiger partial charge in [-0.05, 0) is 28.7 Å². The van der Waals surface area contributed by atoms with Gasteiger partial charge >= 0.3 is 0 Å². The van der Waals surface area contributed by atoms with Gasteiger partial charge in [-0.15, -0.1) is 0 Å². The SMILES string of the molecule is CC1c2ccccc2C(C)(C)Cc2nc3ccccc3nc21. The van der Waals surface area contributed by atoms with Crippen molar-refractivity contribution in [1.29, 1.82) is 0 Å². The average molecular weight is 288 g/mol. The quantitative estimate of drug-likeness (QED) is 0.603. The summed E-state index contributed by atoms with van der Waals surface area (Å²) in [7, 11) is 0. The lowest BCUT2D eigenvalue weighted by atomic mass is 9.79. The van der Waals surface area contributed by atoms with E-state index in [2.05, 4.69) is 57.2 Å². The van der Waals surface area contributed by atoms with E-state index in [9.17, 15) is 0 Å². The average Bonchev–Trinajstić information content (AvgIpc) is 2.60. The second-order valence-electron chi connectivity index (χ2n) is 6.91. The van der Waals surface area contributed by atoms with Crippen LogP contribution in [0, 0.1) is 0 Å². The van der Waals surface area contributed by atoms with Crippen LogP contribution in [0.5, 0.6) is 0 Å². The van der Waals surface area contributed by atoms with Crippen LogP contribution in [0.15, 0.2) is 48.5 Å². The van der Waals surface area contributed by atoms with Crippen LogP contribution in [0.2, 0.25) is 0 Å². The molecule has 0 saturated heterocycles. The highest BCUT2D eigenvalue weighted by Gasteiger charge is 2.33. The van der Waals surface area contributed by atoms with Crippen molar-refractivity contribution in [3.63, 3.8) is 0 Å². The van der Waals surface area contributed by atoms with Crippen molar-refractivity contribution < 1.29 is 0 Å². The molecule has 1 unspecified atom stereocenters. The Kier molecular flexibility index (Phi) is 2.83. The highest BCUT2D eigenvalue weighted by Crippen LogP contribution is 2.40. The van der Waals surface area contributed by atoms with Gasteiger partial charge in [-0.3, -0.25) is 0 Å². The molecule has 2 heteroatoms. The van der Waals surface area contributed by atoms with E-state index in [1.165, 1.54) is 11.1 Å². The fourth-order valence-electron chi connectivity index (χ4n) is 3.68. The molecule has 2 aromatic carbocycles. The summed E-state index contributed by atoms with van der Waals surface area (Å²) >= 11 is 0. The van der Waals surface area contributed by atoms with Crippen molar-refractivity contribution in [3.8, 4) is 0 Å². The summed E-state index contributed by atoms with van der Waals surface area (Å²) in [5, 5.41) is 0. The predicted octanol–water partition coefficient (Wildman–Crippen LogP) is 4.62. The first-order chi connectivity index (χ1) is 10.6. The van der Waals surface area contributed by atoms with E-state index in [1.54, 1.807) is 0 Å². The number of rotatable bonds is 0. The lowest BCUT2D eigenvalue weighted by Gasteiger charge is -2.25. The molecule has 0 radical (unpaired) electrons. The van der Waals surface area contributed by atoms with Crippen molar-refractivity contribution in [2.24, 2.45) is 0 Å². The molecule has 3 aromatic rings. The second-order valence-corrected chi connectivity index (χ2v) is 6.91. The Morgan fingerprint density at radius 3 is 2.32 bits per heavy atom. The van der Waals surface area contributed by atoms with Crippen LogP contribution in [0.4, 0.5) is 0 Å². The van der Waals surface area contributed by atoms with Crippen LogP contribution >= 0.6 is 0 Å². The van der Waals surface area contributed by atoms with Gasteiger partial charge in [-0.1, -0.05) is 57.2 Å². The molecule has 0 spiro atoms. The number of nitrogens with zero attached hydrogens (tertiary/aromatic N) is 2. The summed E-state index contributed by atoms with van der Waals surface area (Å²) in [6.45, 7) is 6.87. The van der Waals surface area contributed by atoms with E-state index < -0.39 is 0 Å². The maximum Gasteiger partial charge on any atom is 0.0890 e. The van der Waals surface area contributed by atoms with Gasteiger partial charge in [0.25, 0.3) is 0 Å².